The number of primary amides is 1. The molecular formula is C16H14FIN4O2. The zero-order valence-corrected chi connectivity index (χ0v) is 15.2. The van der Waals surface area contributed by atoms with Gasteiger partial charge in [0.2, 0.25) is 5.88 Å². The first kappa shape index (κ1) is 16.6. The maximum Gasteiger partial charge on any atom is 0.411 e. The summed E-state index contributed by atoms with van der Waals surface area (Å²) < 4.78 is 22.6. The van der Waals surface area contributed by atoms with Crippen molar-refractivity contribution < 1.29 is 13.9 Å². The highest BCUT2D eigenvalue weighted by Gasteiger charge is 2.20. The third kappa shape index (κ3) is 2.70. The van der Waals surface area contributed by atoms with Gasteiger partial charge in [0.15, 0.2) is 0 Å². The summed E-state index contributed by atoms with van der Waals surface area (Å²) in [5.41, 5.74) is 6.97. The Morgan fingerprint density at radius 1 is 1.38 bits per heavy atom. The van der Waals surface area contributed by atoms with Crippen LogP contribution < -0.4 is 10.5 Å². The lowest BCUT2D eigenvalue weighted by Gasteiger charge is -2.11. The quantitative estimate of drug-likeness (QED) is 0.631. The predicted molar refractivity (Wildman–Crippen MR) is 96.3 cm³/mol. The van der Waals surface area contributed by atoms with Crippen LogP contribution in [0.25, 0.3) is 21.9 Å². The van der Waals surface area contributed by atoms with Gasteiger partial charge in [0, 0.05) is 38.5 Å². The van der Waals surface area contributed by atoms with E-state index in [0.29, 0.717) is 23.1 Å². The van der Waals surface area contributed by atoms with Crippen LogP contribution in [-0.4, -0.2) is 20.9 Å². The fourth-order valence-corrected chi connectivity index (χ4v) is 3.23. The molecule has 0 saturated heterocycles. The van der Waals surface area contributed by atoms with Crippen molar-refractivity contribution in [2.45, 2.75) is 20.4 Å². The molecule has 124 valence electrons. The number of hydrogen-bond donors (Lipinski definition) is 1. The smallest absolute Gasteiger partial charge is 0.391 e. The number of carbonyl (C=O) groups excluding carboxylic acids is 1. The van der Waals surface area contributed by atoms with E-state index in [1.54, 1.807) is 23.0 Å². The second-order valence-corrected chi connectivity index (χ2v) is 6.30. The van der Waals surface area contributed by atoms with E-state index in [9.17, 15) is 4.79 Å². The van der Waals surface area contributed by atoms with Gasteiger partial charge in [-0.15, -0.1) is 0 Å². The molecule has 0 fully saturated rings. The summed E-state index contributed by atoms with van der Waals surface area (Å²) in [4.78, 5) is 15.1. The SMILES string of the molecule is CCn1ncc(-c2ccc3c(I)cnc(OC(N)=O)c3c2F)c1C. The van der Waals surface area contributed by atoms with Crippen LogP contribution in [0, 0.1) is 16.3 Å². The summed E-state index contributed by atoms with van der Waals surface area (Å²) in [6, 6.07) is 3.46. The van der Waals surface area contributed by atoms with E-state index >= 15 is 4.39 Å². The summed E-state index contributed by atoms with van der Waals surface area (Å²) in [5.74, 6) is -0.661. The number of rotatable bonds is 3. The highest BCUT2D eigenvalue weighted by atomic mass is 127. The number of aromatic nitrogens is 3. The molecule has 0 aliphatic rings. The molecule has 0 unspecified atom stereocenters. The van der Waals surface area contributed by atoms with E-state index < -0.39 is 11.9 Å². The van der Waals surface area contributed by atoms with Gasteiger partial charge >= 0.3 is 6.09 Å². The molecule has 0 atom stereocenters. The molecule has 0 saturated carbocycles. The Morgan fingerprint density at radius 3 is 2.75 bits per heavy atom. The van der Waals surface area contributed by atoms with Crippen LogP contribution in [0.1, 0.15) is 12.6 Å². The van der Waals surface area contributed by atoms with Crippen LogP contribution in [0.4, 0.5) is 9.18 Å². The molecule has 0 spiro atoms. The van der Waals surface area contributed by atoms with E-state index in [1.807, 2.05) is 13.8 Å². The number of aryl methyl sites for hydroxylation is 1. The first-order chi connectivity index (χ1) is 11.4. The highest BCUT2D eigenvalue weighted by molar-refractivity contribution is 14.1. The molecule has 24 heavy (non-hydrogen) atoms. The molecule has 1 amide bonds. The predicted octanol–water partition coefficient (Wildman–Crippen LogP) is 3.63. The Bertz CT molecular complexity index is 955. The van der Waals surface area contributed by atoms with Gasteiger partial charge in [0.05, 0.1) is 11.6 Å². The number of carbonyl (C=O) groups is 1. The van der Waals surface area contributed by atoms with E-state index in [0.717, 1.165) is 9.26 Å². The summed E-state index contributed by atoms with van der Waals surface area (Å²) in [5, 5.41) is 4.97. The van der Waals surface area contributed by atoms with Crippen molar-refractivity contribution in [1.82, 2.24) is 14.8 Å². The number of amides is 1. The molecule has 3 rings (SSSR count). The van der Waals surface area contributed by atoms with Gasteiger partial charge in [-0.3, -0.25) is 4.68 Å². The first-order valence-corrected chi connectivity index (χ1v) is 8.28. The van der Waals surface area contributed by atoms with Crippen molar-refractivity contribution in [2.75, 3.05) is 0 Å². The van der Waals surface area contributed by atoms with Crippen molar-refractivity contribution in [3.05, 3.63) is 39.6 Å². The summed E-state index contributed by atoms with van der Waals surface area (Å²) in [6.07, 6.45) is 2.09. The third-order valence-corrected chi connectivity index (χ3v) is 4.66. The fourth-order valence-electron chi connectivity index (χ4n) is 2.64. The van der Waals surface area contributed by atoms with Crippen LogP contribution in [0.3, 0.4) is 0 Å². The number of fused-ring (bicyclic) bond motifs is 1. The lowest BCUT2D eigenvalue weighted by molar-refractivity contribution is 0.209. The number of pyridine rings is 1. The van der Waals surface area contributed by atoms with Gasteiger partial charge in [0.1, 0.15) is 5.82 Å². The van der Waals surface area contributed by atoms with E-state index in [-0.39, 0.29) is 11.3 Å². The van der Waals surface area contributed by atoms with E-state index in [1.165, 1.54) is 6.20 Å². The standard InChI is InChI=1S/C16H14FIN4O2/c1-3-22-8(2)11(6-21-22)9-4-5-10-12(18)7-20-15(24-16(19)23)13(10)14(9)17/h4-7H,3H2,1-2H3,(H2,19,23). The monoisotopic (exact) mass is 440 g/mol. The molecule has 0 radical (unpaired) electrons. The molecule has 2 heterocycles. The number of benzene rings is 1. The molecule has 0 bridgehead atoms. The van der Waals surface area contributed by atoms with Gasteiger partial charge in [-0.1, -0.05) is 12.1 Å². The largest absolute Gasteiger partial charge is 0.411 e. The Balaban J connectivity index is 2.30. The lowest BCUT2D eigenvalue weighted by Crippen LogP contribution is -2.17. The lowest BCUT2D eigenvalue weighted by atomic mass is 10.0. The van der Waals surface area contributed by atoms with Crippen molar-refractivity contribution >= 4 is 39.5 Å². The Labute approximate surface area is 150 Å². The van der Waals surface area contributed by atoms with E-state index in [4.69, 9.17) is 10.5 Å². The second-order valence-electron chi connectivity index (χ2n) is 5.14. The van der Waals surface area contributed by atoms with Gasteiger partial charge in [0.25, 0.3) is 0 Å². The number of ether oxygens (including phenoxy) is 1. The minimum absolute atomic E-state index is 0.127. The summed E-state index contributed by atoms with van der Waals surface area (Å²) >= 11 is 2.05. The summed E-state index contributed by atoms with van der Waals surface area (Å²) in [7, 11) is 0. The van der Waals surface area contributed by atoms with Gasteiger partial charge in [-0.2, -0.15) is 5.10 Å². The molecule has 8 heteroatoms. The number of nitrogens with two attached hydrogens (primary N) is 1. The fraction of sp³-hybridized carbons (Fsp3) is 0.188. The molecule has 2 N–H and O–H groups in total. The van der Waals surface area contributed by atoms with Crippen LogP contribution >= 0.6 is 22.6 Å². The molecule has 6 nitrogen and oxygen atoms in total. The first-order valence-electron chi connectivity index (χ1n) is 7.20. The zero-order valence-electron chi connectivity index (χ0n) is 13.0. The van der Waals surface area contributed by atoms with Crippen LogP contribution in [0.15, 0.2) is 24.5 Å². The van der Waals surface area contributed by atoms with Crippen LogP contribution in [0.2, 0.25) is 0 Å². The van der Waals surface area contributed by atoms with Crippen molar-refractivity contribution in [1.29, 1.82) is 0 Å². The van der Waals surface area contributed by atoms with Crippen LogP contribution in [0.5, 0.6) is 5.88 Å². The highest BCUT2D eigenvalue weighted by Crippen LogP contribution is 2.36. The van der Waals surface area contributed by atoms with Gasteiger partial charge < -0.3 is 10.5 Å². The molecule has 0 aliphatic carbocycles. The third-order valence-electron chi connectivity index (χ3n) is 3.80. The Morgan fingerprint density at radius 2 is 2.12 bits per heavy atom. The molecular weight excluding hydrogens is 426 g/mol. The van der Waals surface area contributed by atoms with Crippen molar-refractivity contribution in [3.8, 4) is 17.0 Å². The van der Waals surface area contributed by atoms with E-state index in [2.05, 4.69) is 32.7 Å². The molecule has 3 aromatic rings. The number of nitrogens with zero attached hydrogens (tertiary/aromatic N) is 3. The molecule has 0 aliphatic heterocycles. The van der Waals surface area contributed by atoms with Crippen LogP contribution in [-0.2, 0) is 6.54 Å². The zero-order chi connectivity index (χ0) is 17.4. The van der Waals surface area contributed by atoms with Gasteiger partial charge in [-0.05, 0) is 36.4 Å². The molecule has 2 aromatic heterocycles. The Kier molecular flexibility index (Phi) is 4.39. The normalized spacial score (nSPS) is 11.0. The Hall–Kier alpha value is -2.23. The maximum atomic E-state index is 15.2. The topological polar surface area (TPSA) is 83.0 Å². The minimum atomic E-state index is -1.04. The number of halogens is 2. The minimum Gasteiger partial charge on any atom is -0.391 e. The second kappa shape index (κ2) is 6.34. The summed E-state index contributed by atoms with van der Waals surface area (Å²) in [6.45, 7) is 4.53. The van der Waals surface area contributed by atoms with Gasteiger partial charge in [-0.25, -0.2) is 14.2 Å². The maximum absolute atomic E-state index is 15.2. The average molecular weight is 440 g/mol. The molecule has 1 aromatic carbocycles. The van der Waals surface area contributed by atoms with Crippen molar-refractivity contribution in [3.63, 3.8) is 0 Å². The average Bonchev–Trinajstić information content (AvgIpc) is 2.90. The van der Waals surface area contributed by atoms with Crippen molar-refractivity contribution in [2.24, 2.45) is 5.73 Å². The number of hydrogen-bond acceptors (Lipinski definition) is 4.